The van der Waals surface area contributed by atoms with Crippen LogP contribution >= 0.6 is 15.2 Å². The van der Waals surface area contributed by atoms with Crippen molar-refractivity contribution in [3.8, 4) is 0 Å². The smallest absolute Gasteiger partial charge is 0.407 e. The van der Waals surface area contributed by atoms with Crippen LogP contribution in [0.4, 0.5) is 4.79 Å². The second-order valence-electron chi connectivity index (χ2n) is 5.39. The summed E-state index contributed by atoms with van der Waals surface area (Å²) in [6.07, 6.45) is -1.96. The first-order valence-corrected chi connectivity index (χ1v) is 9.13. The molecular weight excluding hydrogens is 328 g/mol. The zero-order valence-electron chi connectivity index (χ0n) is 11.9. The van der Waals surface area contributed by atoms with Crippen molar-refractivity contribution in [3.05, 3.63) is 0 Å². The summed E-state index contributed by atoms with van der Waals surface area (Å²) in [6.45, 7) is 4.71. The lowest BCUT2D eigenvalue weighted by molar-refractivity contribution is 0.0523. The Labute approximate surface area is 121 Å². The molecule has 12 heteroatoms. The minimum atomic E-state index is -5.46. The molecule has 0 saturated carbocycles. The Kier molecular flexibility index (Phi) is 6.59. The van der Waals surface area contributed by atoms with Crippen LogP contribution < -0.4 is 5.32 Å². The Bertz CT molecular complexity index is 438. The van der Waals surface area contributed by atoms with Crippen LogP contribution in [0.3, 0.4) is 0 Å². The fourth-order valence-corrected chi connectivity index (χ4v) is 3.55. The largest absolute Gasteiger partial charge is 0.444 e. The van der Waals surface area contributed by atoms with Crippen molar-refractivity contribution in [3.63, 3.8) is 0 Å². The molecule has 0 aromatic heterocycles. The van der Waals surface area contributed by atoms with Gasteiger partial charge >= 0.3 is 21.3 Å². The van der Waals surface area contributed by atoms with Crippen LogP contribution in [-0.2, 0) is 13.9 Å². The normalized spacial score (nSPS) is 13.9. The molecular formula is C9H21NO9P2. The molecule has 0 heterocycles. The lowest BCUT2D eigenvalue weighted by atomic mass is 10.2. The first kappa shape index (κ1) is 20.5. The number of nitrogens with one attached hydrogen (secondary N) is 1. The van der Waals surface area contributed by atoms with Crippen molar-refractivity contribution in [1.29, 1.82) is 0 Å². The highest BCUT2D eigenvalue weighted by atomic mass is 31.2. The quantitative estimate of drug-likeness (QED) is 0.291. The topological polar surface area (TPSA) is 174 Å². The Balaban J connectivity index is 4.54. The fraction of sp³-hybridized carbons (Fsp3) is 0.889. The summed E-state index contributed by atoms with van der Waals surface area (Å²) in [6, 6.07) is 0. The van der Waals surface area contributed by atoms with Gasteiger partial charge in [0.15, 0.2) is 0 Å². The number of carbonyl (C=O) groups excluding carboxylic acids is 1. The van der Waals surface area contributed by atoms with Crippen molar-refractivity contribution in [2.75, 3.05) is 6.54 Å². The molecule has 126 valence electrons. The maximum atomic E-state index is 11.3. The lowest BCUT2D eigenvalue weighted by Crippen LogP contribution is -2.34. The van der Waals surface area contributed by atoms with Crippen LogP contribution in [0.5, 0.6) is 0 Å². The monoisotopic (exact) mass is 349 g/mol. The van der Waals surface area contributed by atoms with Crippen LogP contribution in [-0.4, -0.2) is 48.0 Å². The summed E-state index contributed by atoms with van der Waals surface area (Å²) in [4.78, 5) is 46.8. The van der Waals surface area contributed by atoms with Crippen molar-refractivity contribution in [2.24, 2.45) is 0 Å². The predicted octanol–water partition coefficient (Wildman–Crippen LogP) is 0.293. The third-order valence-corrected chi connectivity index (χ3v) is 6.17. The number of hydrogen-bond donors (Lipinski definition) is 6. The number of hydrogen-bond acceptors (Lipinski definition) is 5. The van der Waals surface area contributed by atoms with Crippen LogP contribution in [0.1, 0.15) is 33.6 Å². The summed E-state index contributed by atoms with van der Waals surface area (Å²) >= 11 is 0. The number of amides is 1. The maximum absolute atomic E-state index is 11.3. The predicted molar refractivity (Wildman–Crippen MR) is 72.5 cm³/mol. The van der Waals surface area contributed by atoms with E-state index >= 15 is 0 Å². The molecule has 6 N–H and O–H groups in total. The van der Waals surface area contributed by atoms with E-state index in [1.54, 1.807) is 20.8 Å². The molecule has 0 aromatic rings. The van der Waals surface area contributed by atoms with Gasteiger partial charge in [0, 0.05) is 13.0 Å². The molecule has 21 heavy (non-hydrogen) atoms. The summed E-state index contributed by atoms with van der Waals surface area (Å²) in [7, 11) is -10.9. The van der Waals surface area contributed by atoms with Crippen LogP contribution in [0.15, 0.2) is 0 Å². The van der Waals surface area contributed by atoms with Crippen molar-refractivity contribution < 1.29 is 43.3 Å². The molecule has 10 nitrogen and oxygen atoms in total. The Morgan fingerprint density at radius 3 is 1.86 bits per heavy atom. The number of aliphatic hydroxyl groups is 1. The minimum absolute atomic E-state index is 0.183. The molecule has 0 fully saturated rings. The number of alkyl carbamates (subject to hydrolysis) is 1. The number of rotatable bonds is 6. The van der Waals surface area contributed by atoms with Crippen LogP contribution in [0.2, 0.25) is 0 Å². The molecule has 0 aliphatic heterocycles. The van der Waals surface area contributed by atoms with Crippen molar-refractivity contribution >= 4 is 21.3 Å². The second kappa shape index (κ2) is 6.75. The lowest BCUT2D eigenvalue weighted by Gasteiger charge is -2.29. The SMILES string of the molecule is CC(C)(C)OC(=O)NCCCC(O)(P(=O)(O)O)P(=O)(O)O. The zero-order chi connectivity index (χ0) is 17.1. The maximum Gasteiger partial charge on any atom is 0.407 e. The van der Waals surface area contributed by atoms with Crippen LogP contribution in [0.25, 0.3) is 0 Å². The van der Waals surface area contributed by atoms with Gasteiger partial charge < -0.3 is 34.7 Å². The molecule has 0 rings (SSSR count). The van der Waals surface area contributed by atoms with E-state index in [1.165, 1.54) is 0 Å². The van der Waals surface area contributed by atoms with E-state index in [0.29, 0.717) is 0 Å². The molecule has 0 aliphatic carbocycles. The van der Waals surface area contributed by atoms with Gasteiger partial charge in [-0.05, 0) is 27.2 Å². The molecule has 0 atom stereocenters. The molecule has 0 radical (unpaired) electrons. The summed E-state index contributed by atoms with van der Waals surface area (Å²) < 4.78 is 27.0. The van der Waals surface area contributed by atoms with Gasteiger partial charge in [0.05, 0.1) is 0 Å². The molecule has 0 unspecified atom stereocenters. The van der Waals surface area contributed by atoms with Gasteiger partial charge in [-0.3, -0.25) is 9.13 Å². The van der Waals surface area contributed by atoms with Gasteiger partial charge in [-0.25, -0.2) is 4.79 Å². The van der Waals surface area contributed by atoms with Gasteiger partial charge in [0.1, 0.15) is 5.60 Å². The molecule has 0 aromatic carbocycles. The standard InChI is InChI=1S/C9H21NO9P2/c1-8(2,3)19-7(11)10-6-4-5-9(12,20(13,14)15)21(16,17)18/h12H,4-6H2,1-3H3,(H,10,11)(H2,13,14,15)(H2,16,17,18). The average molecular weight is 349 g/mol. The third kappa shape index (κ3) is 6.44. The van der Waals surface area contributed by atoms with Gasteiger partial charge in [-0.1, -0.05) is 0 Å². The average Bonchev–Trinajstić information content (AvgIpc) is 2.18. The third-order valence-electron chi connectivity index (χ3n) is 2.29. The van der Waals surface area contributed by atoms with E-state index in [0.717, 1.165) is 0 Å². The number of ether oxygens (including phenoxy) is 1. The highest BCUT2D eigenvalue weighted by molar-refractivity contribution is 7.72. The summed E-state index contributed by atoms with van der Waals surface area (Å²) in [5.41, 5.74) is -0.734. The van der Waals surface area contributed by atoms with Gasteiger partial charge in [-0.15, -0.1) is 0 Å². The molecule has 0 saturated heterocycles. The zero-order valence-corrected chi connectivity index (χ0v) is 13.7. The summed E-state index contributed by atoms with van der Waals surface area (Å²) in [5, 5.41) is 8.34. The summed E-state index contributed by atoms with van der Waals surface area (Å²) in [5.74, 6) is 0. The van der Waals surface area contributed by atoms with E-state index in [-0.39, 0.29) is 13.0 Å². The molecule has 0 bridgehead atoms. The first-order valence-electron chi connectivity index (χ1n) is 5.91. The fourth-order valence-electron chi connectivity index (χ4n) is 1.29. The van der Waals surface area contributed by atoms with Crippen molar-refractivity contribution in [2.45, 2.75) is 44.3 Å². The van der Waals surface area contributed by atoms with Crippen LogP contribution in [0, 0.1) is 0 Å². The van der Waals surface area contributed by atoms with Gasteiger partial charge in [0.25, 0.3) is 5.08 Å². The van der Waals surface area contributed by atoms with Crippen molar-refractivity contribution in [1.82, 2.24) is 5.32 Å². The molecule has 0 aliphatic rings. The highest BCUT2D eigenvalue weighted by Gasteiger charge is 2.58. The number of carbonyl (C=O) groups is 1. The Hall–Kier alpha value is -0.470. The first-order chi connectivity index (χ1) is 9.10. The second-order valence-corrected chi connectivity index (χ2v) is 9.40. The van der Waals surface area contributed by atoms with E-state index in [9.17, 15) is 19.0 Å². The Morgan fingerprint density at radius 2 is 1.52 bits per heavy atom. The molecule has 0 spiro atoms. The van der Waals surface area contributed by atoms with Gasteiger partial charge in [0.2, 0.25) is 0 Å². The molecule has 1 amide bonds. The van der Waals surface area contributed by atoms with E-state index < -0.39 is 38.4 Å². The highest BCUT2D eigenvalue weighted by Crippen LogP contribution is 2.69. The van der Waals surface area contributed by atoms with E-state index in [1.807, 2.05) is 0 Å². The van der Waals surface area contributed by atoms with Gasteiger partial charge in [-0.2, -0.15) is 0 Å². The Morgan fingerprint density at radius 1 is 1.10 bits per heavy atom. The van der Waals surface area contributed by atoms with E-state index in [2.05, 4.69) is 5.32 Å². The van der Waals surface area contributed by atoms with E-state index in [4.69, 9.17) is 24.3 Å². The minimum Gasteiger partial charge on any atom is -0.444 e.